The van der Waals surface area contributed by atoms with Gasteiger partial charge in [0.25, 0.3) is 0 Å². The van der Waals surface area contributed by atoms with Crippen LogP contribution in [0.15, 0.2) is 66.9 Å². The van der Waals surface area contributed by atoms with Crippen LogP contribution in [-0.4, -0.2) is 41.4 Å². The van der Waals surface area contributed by atoms with Crippen molar-refractivity contribution in [3.8, 4) is 11.1 Å². The molecule has 5 rings (SSSR count). The van der Waals surface area contributed by atoms with Crippen molar-refractivity contribution in [2.75, 3.05) is 24.3 Å². The van der Waals surface area contributed by atoms with Crippen LogP contribution in [0.25, 0.3) is 16.7 Å². The molecule has 0 radical (unpaired) electrons. The molecule has 0 saturated heterocycles. The van der Waals surface area contributed by atoms with Crippen molar-refractivity contribution < 1.29 is 27.9 Å². The number of carbonyl (C=O) groups is 3. The van der Waals surface area contributed by atoms with Gasteiger partial charge in [0.1, 0.15) is 5.82 Å². The van der Waals surface area contributed by atoms with Gasteiger partial charge in [-0.3, -0.25) is 19.9 Å². The van der Waals surface area contributed by atoms with Crippen LogP contribution in [0.2, 0.25) is 5.02 Å². The Balaban J connectivity index is 1.54. The Morgan fingerprint density at radius 2 is 1.98 bits per heavy atom. The van der Waals surface area contributed by atoms with E-state index in [2.05, 4.69) is 20.4 Å². The van der Waals surface area contributed by atoms with Crippen molar-refractivity contribution in [1.29, 1.82) is 0 Å². The van der Waals surface area contributed by atoms with E-state index in [1.54, 1.807) is 48.4 Å². The van der Waals surface area contributed by atoms with Crippen LogP contribution >= 0.6 is 11.6 Å². The molecule has 3 amide bonds. The highest BCUT2D eigenvalue weighted by molar-refractivity contribution is 6.31. The van der Waals surface area contributed by atoms with Crippen LogP contribution in [0.5, 0.6) is 0 Å². The first-order valence-corrected chi connectivity index (χ1v) is 13.6. The lowest BCUT2D eigenvalue weighted by Crippen LogP contribution is -2.37. The number of hydrogen-bond donors (Lipinski definition) is 2. The van der Waals surface area contributed by atoms with Gasteiger partial charge in [0.15, 0.2) is 5.82 Å². The Kier molecular flexibility index (Phi) is 8.35. The summed E-state index contributed by atoms with van der Waals surface area (Å²) in [6, 6.07) is 10.4. The summed E-state index contributed by atoms with van der Waals surface area (Å²) in [5, 5.41) is 5.31. The minimum Gasteiger partial charge on any atom is -0.453 e. The van der Waals surface area contributed by atoms with Crippen molar-refractivity contribution in [2.24, 2.45) is 5.92 Å². The molecule has 216 valence electrons. The molecule has 3 aromatic rings. The number of ether oxygens (including phenoxy) is 1. The van der Waals surface area contributed by atoms with Crippen LogP contribution in [0, 0.1) is 17.6 Å². The number of carbonyl (C=O) groups excluding carboxylic acids is 3. The number of rotatable bonds is 3. The summed E-state index contributed by atoms with van der Waals surface area (Å²) >= 11 is 5.88. The van der Waals surface area contributed by atoms with Crippen molar-refractivity contribution >= 4 is 46.5 Å². The number of methoxy groups -OCH3 is 1. The number of anilines is 2. The quantitative estimate of drug-likeness (QED) is 0.259. The number of amides is 3. The van der Waals surface area contributed by atoms with Gasteiger partial charge in [0.05, 0.1) is 41.0 Å². The van der Waals surface area contributed by atoms with Gasteiger partial charge in [-0.25, -0.2) is 13.6 Å². The summed E-state index contributed by atoms with van der Waals surface area (Å²) in [6.07, 6.45) is 6.35. The molecular weight excluding hydrogens is 566 g/mol. The number of hydrogen-bond acceptors (Lipinski definition) is 5. The van der Waals surface area contributed by atoms with Gasteiger partial charge in [0.2, 0.25) is 11.8 Å². The third kappa shape index (κ3) is 5.89. The molecule has 42 heavy (non-hydrogen) atoms. The van der Waals surface area contributed by atoms with E-state index < -0.39 is 35.6 Å². The molecule has 11 heteroatoms. The molecule has 2 unspecified atom stereocenters. The van der Waals surface area contributed by atoms with Gasteiger partial charge in [-0.05, 0) is 60.4 Å². The molecule has 2 N–H and O–H groups in total. The standard InChI is InChI=1S/C31H27ClF2N4O4/c1-17-4-3-5-26(38-13-11-19(15-27(38)39)28-23(33)9-8-22(32)29(28)34)25-14-18(10-12-35-25)21-7-6-20(36-31(41)42-2)16-24(21)37-30(17)40/h3-4,6-10,12,14-17,26H,5,11,13H2,1-2H3,(H,36,41)(H,37,40). The third-order valence-corrected chi connectivity index (χ3v) is 7.58. The van der Waals surface area contributed by atoms with Crippen molar-refractivity contribution in [3.63, 3.8) is 0 Å². The zero-order valence-electron chi connectivity index (χ0n) is 22.8. The van der Waals surface area contributed by atoms with Gasteiger partial charge in [-0.2, -0.15) is 0 Å². The van der Waals surface area contributed by atoms with E-state index in [-0.39, 0.29) is 35.0 Å². The molecule has 2 aliphatic heterocycles. The number of halogens is 3. The first kappa shape index (κ1) is 28.9. The van der Waals surface area contributed by atoms with E-state index in [1.165, 1.54) is 13.2 Å². The first-order valence-electron chi connectivity index (χ1n) is 13.2. The zero-order valence-corrected chi connectivity index (χ0v) is 23.5. The van der Waals surface area contributed by atoms with Gasteiger partial charge < -0.3 is 15.0 Å². The molecule has 2 aliphatic rings. The molecular formula is C31H27ClF2N4O4. The van der Waals surface area contributed by atoms with Crippen LogP contribution < -0.4 is 10.6 Å². The highest BCUT2D eigenvalue weighted by Gasteiger charge is 2.30. The second-order valence-electron chi connectivity index (χ2n) is 9.97. The number of benzene rings is 2. The molecule has 8 nitrogen and oxygen atoms in total. The lowest BCUT2D eigenvalue weighted by atomic mass is 9.94. The topological polar surface area (TPSA) is 101 Å². The Morgan fingerprint density at radius 3 is 2.74 bits per heavy atom. The van der Waals surface area contributed by atoms with E-state index in [0.29, 0.717) is 29.1 Å². The van der Waals surface area contributed by atoms with E-state index >= 15 is 0 Å². The summed E-state index contributed by atoms with van der Waals surface area (Å²) in [6.45, 7) is 1.94. The molecule has 2 bridgehead atoms. The largest absolute Gasteiger partial charge is 0.453 e. The summed E-state index contributed by atoms with van der Waals surface area (Å²) < 4.78 is 33.9. The lowest BCUT2D eigenvalue weighted by Gasteiger charge is -2.34. The minimum absolute atomic E-state index is 0.190. The van der Waals surface area contributed by atoms with Crippen LogP contribution in [0.3, 0.4) is 0 Å². The van der Waals surface area contributed by atoms with Crippen LogP contribution in [-0.2, 0) is 14.3 Å². The number of nitrogens with zero attached hydrogens (tertiary/aromatic N) is 2. The molecule has 1 aromatic heterocycles. The third-order valence-electron chi connectivity index (χ3n) is 7.28. The molecule has 0 spiro atoms. The summed E-state index contributed by atoms with van der Waals surface area (Å²) in [7, 11) is 1.26. The number of nitrogens with one attached hydrogen (secondary N) is 2. The molecule has 0 fully saturated rings. The van der Waals surface area contributed by atoms with Crippen molar-refractivity contribution in [1.82, 2.24) is 9.88 Å². The van der Waals surface area contributed by atoms with Crippen molar-refractivity contribution in [3.05, 3.63) is 94.8 Å². The van der Waals surface area contributed by atoms with Crippen LogP contribution in [0.1, 0.15) is 37.1 Å². The first-order chi connectivity index (χ1) is 20.2. The Hall–Kier alpha value is -4.57. The van der Waals surface area contributed by atoms with E-state index in [4.69, 9.17) is 11.6 Å². The van der Waals surface area contributed by atoms with E-state index in [9.17, 15) is 23.2 Å². The average molecular weight is 593 g/mol. The molecule has 0 saturated carbocycles. The number of pyridine rings is 1. The molecule has 3 heterocycles. The Bertz CT molecular complexity index is 1640. The zero-order chi connectivity index (χ0) is 30.0. The smallest absolute Gasteiger partial charge is 0.411 e. The molecule has 0 aliphatic carbocycles. The van der Waals surface area contributed by atoms with Gasteiger partial charge in [-0.15, -0.1) is 0 Å². The van der Waals surface area contributed by atoms with Gasteiger partial charge >= 0.3 is 6.09 Å². The highest BCUT2D eigenvalue weighted by atomic mass is 35.5. The number of aromatic nitrogens is 1. The highest BCUT2D eigenvalue weighted by Crippen LogP contribution is 2.37. The summed E-state index contributed by atoms with van der Waals surface area (Å²) in [5.41, 5.74) is 2.84. The second kappa shape index (κ2) is 12.1. The average Bonchev–Trinajstić information content (AvgIpc) is 2.97. The fourth-order valence-corrected chi connectivity index (χ4v) is 5.24. The normalized spacial score (nSPS) is 18.7. The Labute approximate surface area is 246 Å². The predicted molar refractivity (Wildman–Crippen MR) is 156 cm³/mol. The van der Waals surface area contributed by atoms with Gasteiger partial charge in [0, 0.05) is 30.1 Å². The van der Waals surface area contributed by atoms with E-state index in [0.717, 1.165) is 17.7 Å². The lowest BCUT2D eigenvalue weighted by molar-refractivity contribution is -0.129. The molecule has 2 aromatic carbocycles. The maximum absolute atomic E-state index is 14.7. The summed E-state index contributed by atoms with van der Waals surface area (Å²) in [5.74, 6) is -2.88. The number of fused-ring (bicyclic) bond motifs is 4. The maximum Gasteiger partial charge on any atom is 0.411 e. The molecule has 2 atom stereocenters. The minimum atomic E-state index is -0.900. The fourth-order valence-electron chi connectivity index (χ4n) is 5.08. The second-order valence-corrected chi connectivity index (χ2v) is 10.4. The van der Waals surface area contributed by atoms with Crippen molar-refractivity contribution in [2.45, 2.75) is 25.8 Å². The SMILES string of the molecule is COC(=O)Nc1ccc2c(c1)NC(=O)C(C)C=CCC(N1CCC(c3c(F)ccc(Cl)c3F)=CC1=O)c1cc-2ccn1. The monoisotopic (exact) mass is 592 g/mol. The summed E-state index contributed by atoms with van der Waals surface area (Å²) in [4.78, 5) is 44.4. The fraction of sp³-hybridized carbons (Fsp3) is 0.226. The maximum atomic E-state index is 14.7. The predicted octanol–water partition coefficient (Wildman–Crippen LogP) is 6.75. The van der Waals surface area contributed by atoms with Gasteiger partial charge in [-0.1, -0.05) is 36.7 Å². The van der Waals surface area contributed by atoms with Crippen LogP contribution in [0.4, 0.5) is 25.0 Å². The van der Waals surface area contributed by atoms with E-state index in [1.807, 2.05) is 12.1 Å². The Morgan fingerprint density at radius 1 is 1.17 bits per heavy atom.